The van der Waals surface area contributed by atoms with E-state index in [1.807, 2.05) is 0 Å². The number of nitro groups is 1. The van der Waals surface area contributed by atoms with Gasteiger partial charge in [0.1, 0.15) is 12.4 Å². The highest BCUT2D eigenvalue weighted by molar-refractivity contribution is 5.87. The first-order valence-corrected chi connectivity index (χ1v) is 7.23. The maximum atomic E-state index is 12.1. The lowest BCUT2D eigenvalue weighted by Gasteiger charge is -2.24. The summed E-state index contributed by atoms with van der Waals surface area (Å²) in [7, 11) is 0. The number of carbonyl (C=O) groups excluding carboxylic acids is 1. The molecule has 1 unspecified atom stereocenters. The number of phenolic OH excluding ortho intramolecular Hbond substituents is 1. The first-order chi connectivity index (χ1) is 12.0. The summed E-state index contributed by atoms with van der Waals surface area (Å²) in [4.78, 5) is 22.2. The lowest BCUT2D eigenvalue weighted by atomic mass is 10.2. The van der Waals surface area contributed by atoms with Crippen LogP contribution in [-0.4, -0.2) is 34.9 Å². The number of non-ortho nitro benzene ring substituents is 1. The highest BCUT2D eigenvalue weighted by atomic mass is 16.6. The number of hydrazone groups is 1. The van der Waals surface area contributed by atoms with Crippen LogP contribution in [0.1, 0.15) is 5.56 Å². The summed E-state index contributed by atoms with van der Waals surface area (Å²) in [5.74, 6) is 0.260. The molecule has 0 bridgehead atoms. The number of nitrogens with one attached hydrogen (secondary N) is 1. The number of hydrogen-bond acceptors (Lipinski definition) is 7. The molecule has 0 spiro atoms. The molecule has 2 aromatic carbocycles. The number of nitrogens with zero attached hydrogens (tertiary/aromatic N) is 2. The summed E-state index contributed by atoms with van der Waals surface area (Å²) >= 11 is 0. The van der Waals surface area contributed by atoms with Crippen LogP contribution >= 0.6 is 0 Å². The highest BCUT2D eigenvalue weighted by Crippen LogP contribution is 2.30. The molecule has 0 saturated carbocycles. The van der Waals surface area contributed by atoms with Gasteiger partial charge in [-0.2, -0.15) is 5.10 Å². The van der Waals surface area contributed by atoms with Gasteiger partial charge >= 0.3 is 0 Å². The lowest BCUT2D eigenvalue weighted by Crippen LogP contribution is -2.42. The van der Waals surface area contributed by atoms with E-state index in [-0.39, 0.29) is 23.6 Å². The van der Waals surface area contributed by atoms with Gasteiger partial charge in [0.05, 0.1) is 11.1 Å². The first kappa shape index (κ1) is 16.2. The minimum absolute atomic E-state index is 0.0282. The van der Waals surface area contributed by atoms with Gasteiger partial charge in [0.15, 0.2) is 11.5 Å². The predicted molar refractivity (Wildman–Crippen MR) is 86.9 cm³/mol. The maximum absolute atomic E-state index is 12.1. The van der Waals surface area contributed by atoms with E-state index in [1.165, 1.54) is 6.07 Å². The topological polar surface area (TPSA) is 123 Å². The van der Waals surface area contributed by atoms with Crippen molar-refractivity contribution >= 4 is 17.8 Å². The zero-order valence-electron chi connectivity index (χ0n) is 12.8. The van der Waals surface area contributed by atoms with Crippen LogP contribution in [0.2, 0.25) is 0 Å². The Morgan fingerprint density at radius 2 is 2.08 bits per heavy atom. The fourth-order valence-corrected chi connectivity index (χ4v) is 2.15. The van der Waals surface area contributed by atoms with Crippen molar-refractivity contribution in [3.8, 4) is 17.2 Å². The number of hydrogen-bond donors (Lipinski definition) is 2. The highest BCUT2D eigenvalue weighted by Gasteiger charge is 2.27. The maximum Gasteiger partial charge on any atom is 0.284 e. The van der Waals surface area contributed by atoms with Crippen molar-refractivity contribution in [2.45, 2.75) is 6.10 Å². The van der Waals surface area contributed by atoms with Crippen molar-refractivity contribution in [2.75, 3.05) is 6.61 Å². The predicted octanol–water partition coefficient (Wildman–Crippen LogP) is 1.59. The molecule has 128 valence electrons. The number of fused-ring (bicyclic) bond motifs is 1. The van der Waals surface area contributed by atoms with Crippen molar-refractivity contribution in [1.29, 1.82) is 0 Å². The summed E-state index contributed by atoms with van der Waals surface area (Å²) in [6, 6.07) is 10.4. The van der Waals surface area contributed by atoms with E-state index in [9.17, 15) is 20.0 Å². The zero-order chi connectivity index (χ0) is 17.8. The Labute approximate surface area is 141 Å². The van der Waals surface area contributed by atoms with Crippen molar-refractivity contribution in [3.05, 3.63) is 58.1 Å². The Morgan fingerprint density at radius 1 is 1.32 bits per heavy atom. The molecule has 0 aliphatic carbocycles. The molecule has 2 N–H and O–H groups in total. The Morgan fingerprint density at radius 3 is 2.84 bits per heavy atom. The quantitative estimate of drug-likeness (QED) is 0.494. The summed E-state index contributed by atoms with van der Waals surface area (Å²) in [5.41, 5.74) is 2.15. The molecule has 25 heavy (non-hydrogen) atoms. The van der Waals surface area contributed by atoms with Gasteiger partial charge in [-0.15, -0.1) is 0 Å². The molecule has 9 nitrogen and oxygen atoms in total. The SMILES string of the molecule is O=C(N/N=C\c1cc([N+](=O)[O-])ccc1O)C1COc2ccccc2O1. The largest absolute Gasteiger partial charge is 0.507 e. The minimum atomic E-state index is -0.884. The number of carbonyl (C=O) groups is 1. The Balaban J connectivity index is 1.64. The summed E-state index contributed by atoms with van der Waals surface area (Å²) in [6.45, 7) is 0.0282. The molecule has 0 saturated heterocycles. The molecule has 0 fully saturated rings. The molecule has 0 radical (unpaired) electrons. The van der Waals surface area contributed by atoms with Crippen LogP contribution in [0.25, 0.3) is 0 Å². The van der Waals surface area contributed by atoms with Crippen LogP contribution in [0.3, 0.4) is 0 Å². The molecular weight excluding hydrogens is 330 g/mol. The number of aromatic hydroxyl groups is 1. The minimum Gasteiger partial charge on any atom is -0.507 e. The van der Waals surface area contributed by atoms with E-state index >= 15 is 0 Å². The van der Waals surface area contributed by atoms with Gasteiger partial charge in [0.25, 0.3) is 11.6 Å². The third kappa shape index (κ3) is 3.66. The van der Waals surface area contributed by atoms with E-state index in [2.05, 4.69) is 10.5 Å². The molecule has 1 atom stereocenters. The number of rotatable bonds is 4. The van der Waals surface area contributed by atoms with Crippen molar-refractivity contribution < 1.29 is 24.3 Å². The van der Waals surface area contributed by atoms with Gasteiger partial charge in [0, 0.05) is 17.7 Å². The van der Waals surface area contributed by atoms with E-state index in [0.29, 0.717) is 11.5 Å². The van der Waals surface area contributed by atoms with E-state index in [4.69, 9.17) is 9.47 Å². The second-order valence-corrected chi connectivity index (χ2v) is 5.10. The molecule has 1 amide bonds. The van der Waals surface area contributed by atoms with Crippen LogP contribution in [0.5, 0.6) is 17.2 Å². The van der Waals surface area contributed by atoms with Crippen LogP contribution < -0.4 is 14.9 Å². The lowest BCUT2D eigenvalue weighted by molar-refractivity contribution is -0.384. The van der Waals surface area contributed by atoms with Gasteiger partial charge in [-0.05, 0) is 18.2 Å². The molecule has 0 aromatic heterocycles. The smallest absolute Gasteiger partial charge is 0.284 e. The van der Waals surface area contributed by atoms with Crippen LogP contribution in [0.15, 0.2) is 47.6 Å². The summed E-state index contributed by atoms with van der Waals surface area (Å²) in [5, 5.41) is 24.1. The molecule has 1 aliphatic rings. The van der Waals surface area contributed by atoms with Crippen LogP contribution in [-0.2, 0) is 4.79 Å². The molecule has 1 heterocycles. The summed E-state index contributed by atoms with van der Waals surface area (Å²) < 4.78 is 11.0. The second kappa shape index (κ2) is 6.87. The first-order valence-electron chi connectivity index (χ1n) is 7.23. The number of nitro benzene ring substituents is 1. The third-order valence-electron chi connectivity index (χ3n) is 3.40. The van der Waals surface area contributed by atoms with E-state index in [1.54, 1.807) is 24.3 Å². The monoisotopic (exact) mass is 343 g/mol. The number of phenols is 1. The Bertz CT molecular complexity index is 852. The molecule has 2 aromatic rings. The molecule has 9 heteroatoms. The van der Waals surface area contributed by atoms with Crippen LogP contribution in [0, 0.1) is 10.1 Å². The second-order valence-electron chi connectivity index (χ2n) is 5.10. The normalized spacial score (nSPS) is 15.8. The van der Waals surface area contributed by atoms with Gasteiger partial charge in [-0.1, -0.05) is 12.1 Å². The fourth-order valence-electron chi connectivity index (χ4n) is 2.15. The standard InChI is InChI=1S/C16H13N3O6/c20-12-6-5-11(19(22)23)7-10(12)8-17-18-16(21)15-9-24-13-3-1-2-4-14(13)25-15/h1-8,15,20H,9H2,(H,18,21)/b17-8-. The number of amides is 1. The number of para-hydroxylation sites is 2. The van der Waals surface area contributed by atoms with Crippen molar-refractivity contribution in [2.24, 2.45) is 5.10 Å². The average Bonchev–Trinajstić information content (AvgIpc) is 2.62. The molecular formula is C16H13N3O6. The Hall–Kier alpha value is -3.62. The third-order valence-corrected chi connectivity index (χ3v) is 3.40. The van der Waals surface area contributed by atoms with Crippen molar-refractivity contribution in [1.82, 2.24) is 5.43 Å². The number of ether oxygens (including phenoxy) is 2. The van der Waals surface area contributed by atoms with Crippen molar-refractivity contribution in [3.63, 3.8) is 0 Å². The Kier molecular flexibility index (Phi) is 4.46. The van der Waals surface area contributed by atoms with Gasteiger partial charge in [0.2, 0.25) is 6.10 Å². The summed E-state index contributed by atoms with van der Waals surface area (Å²) in [6.07, 6.45) is 0.225. The average molecular weight is 343 g/mol. The zero-order valence-corrected chi connectivity index (χ0v) is 12.8. The van der Waals surface area contributed by atoms with Gasteiger partial charge < -0.3 is 14.6 Å². The van der Waals surface area contributed by atoms with Gasteiger partial charge in [-0.25, -0.2) is 5.43 Å². The van der Waals surface area contributed by atoms with Crippen LogP contribution in [0.4, 0.5) is 5.69 Å². The van der Waals surface area contributed by atoms with E-state index in [0.717, 1.165) is 18.3 Å². The van der Waals surface area contributed by atoms with Gasteiger partial charge in [-0.3, -0.25) is 14.9 Å². The fraction of sp³-hybridized carbons (Fsp3) is 0.125. The van der Waals surface area contributed by atoms with E-state index < -0.39 is 16.9 Å². The molecule has 1 aliphatic heterocycles. The molecule has 3 rings (SSSR count). The number of benzene rings is 2.